The molecule has 0 unspecified atom stereocenters. The molecule has 0 fully saturated rings. The van der Waals surface area contributed by atoms with Crippen molar-refractivity contribution in [2.24, 2.45) is 0 Å². The summed E-state index contributed by atoms with van der Waals surface area (Å²) < 4.78 is 5.59. The SMILES string of the molecule is Clc1nc(OC/C=C/c2ccccc2)c2[nH]cnc2n1. The summed E-state index contributed by atoms with van der Waals surface area (Å²) in [6, 6.07) is 9.99. The van der Waals surface area contributed by atoms with Crippen LogP contribution in [0.15, 0.2) is 42.7 Å². The van der Waals surface area contributed by atoms with E-state index in [1.54, 1.807) is 0 Å². The van der Waals surface area contributed by atoms with Crippen LogP contribution >= 0.6 is 11.6 Å². The van der Waals surface area contributed by atoms with E-state index in [2.05, 4.69) is 19.9 Å². The molecule has 6 heteroatoms. The normalized spacial score (nSPS) is 11.2. The topological polar surface area (TPSA) is 63.7 Å². The summed E-state index contributed by atoms with van der Waals surface area (Å²) in [6.07, 6.45) is 5.42. The Morgan fingerprint density at radius 3 is 2.90 bits per heavy atom. The van der Waals surface area contributed by atoms with Crippen LogP contribution in [0.2, 0.25) is 5.28 Å². The molecule has 0 aliphatic carbocycles. The van der Waals surface area contributed by atoms with E-state index in [0.29, 0.717) is 23.7 Å². The van der Waals surface area contributed by atoms with Crippen molar-refractivity contribution in [1.82, 2.24) is 19.9 Å². The Morgan fingerprint density at radius 1 is 1.20 bits per heavy atom. The molecule has 0 atom stereocenters. The minimum Gasteiger partial charge on any atom is -0.472 e. The molecule has 2 heterocycles. The molecule has 2 aromatic heterocycles. The first kappa shape index (κ1) is 12.6. The molecule has 0 aliphatic heterocycles. The van der Waals surface area contributed by atoms with Gasteiger partial charge in [-0.2, -0.15) is 9.97 Å². The molecule has 20 heavy (non-hydrogen) atoms. The lowest BCUT2D eigenvalue weighted by Gasteiger charge is -2.03. The zero-order chi connectivity index (χ0) is 13.8. The number of nitrogens with zero attached hydrogens (tertiary/aromatic N) is 3. The predicted molar refractivity (Wildman–Crippen MR) is 77.7 cm³/mol. The van der Waals surface area contributed by atoms with Crippen molar-refractivity contribution >= 4 is 28.8 Å². The van der Waals surface area contributed by atoms with E-state index in [1.165, 1.54) is 6.33 Å². The molecule has 3 rings (SSSR count). The molecule has 1 N–H and O–H groups in total. The van der Waals surface area contributed by atoms with Crippen LogP contribution < -0.4 is 4.74 Å². The van der Waals surface area contributed by atoms with Gasteiger partial charge in [-0.25, -0.2) is 4.98 Å². The van der Waals surface area contributed by atoms with E-state index in [1.807, 2.05) is 42.5 Å². The van der Waals surface area contributed by atoms with Crippen LogP contribution in [0.1, 0.15) is 5.56 Å². The summed E-state index contributed by atoms with van der Waals surface area (Å²) in [5.41, 5.74) is 2.25. The van der Waals surface area contributed by atoms with Crippen molar-refractivity contribution in [2.45, 2.75) is 0 Å². The van der Waals surface area contributed by atoms with Crippen molar-refractivity contribution in [1.29, 1.82) is 0 Å². The molecule has 100 valence electrons. The van der Waals surface area contributed by atoms with Gasteiger partial charge in [0.05, 0.1) is 6.33 Å². The Labute approximate surface area is 120 Å². The first-order chi connectivity index (χ1) is 9.83. The fraction of sp³-hybridized carbons (Fsp3) is 0.0714. The van der Waals surface area contributed by atoms with Crippen LogP contribution in [0, 0.1) is 0 Å². The summed E-state index contributed by atoms with van der Waals surface area (Å²) in [5, 5.41) is 0.117. The van der Waals surface area contributed by atoms with Crippen LogP contribution in [0.25, 0.3) is 17.2 Å². The number of nitrogens with one attached hydrogen (secondary N) is 1. The van der Waals surface area contributed by atoms with Gasteiger partial charge in [-0.15, -0.1) is 0 Å². The number of halogens is 1. The Morgan fingerprint density at radius 2 is 2.05 bits per heavy atom. The average molecular weight is 287 g/mol. The third-order valence-corrected chi connectivity index (χ3v) is 2.82. The highest BCUT2D eigenvalue weighted by atomic mass is 35.5. The van der Waals surface area contributed by atoms with E-state index in [9.17, 15) is 0 Å². The van der Waals surface area contributed by atoms with Crippen molar-refractivity contribution in [3.63, 3.8) is 0 Å². The van der Waals surface area contributed by atoms with Crippen LogP contribution in [-0.2, 0) is 0 Å². The smallest absolute Gasteiger partial charge is 0.244 e. The van der Waals surface area contributed by atoms with Gasteiger partial charge in [0, 0.05) is 0 Å². The number of fused-ring (bicyclic) bond motifs is 1. The minimum absolute atomic E-state index is 0.117. The maximum absolute atomic E-state index is 5.82. The van der Waals surface area contributed by atoms with Crippen LogP contribution in [0.4, 0.5) is 0 Å². The maximum Gasteiger partial charge on any atom is 0.244 e. The maximum atomic E-state index is 5.82. The van der Waals surface area contributed by atoms with E-state index in [0.717, 1.165) is 5.56 Å². The number of benzene rings is 1. The molecule has 0 spiro atoms. The number of aromatic amines is 1. The summed E-state index contributed by atoms with van der Waals surface area (Å²) in [4.78, 5) is 15.0. The number of hydrogen-bond acceptors (Lipinski definition) is 4. The largest absolute Gasteiger partial charge is 0.472 e. The fourth-order valence-electron chi connectivity index (χ4n) is 1.76. The second-order valence-corrected chi connectivity index (χ2v) is 4.36. The second kappa shape index (κ2) is 5.71. The molecule has 0 amide bonds. The van der Waals surface area contributed by atoms with Gasteiger partial charge in [0.1, 0.15) is 12.1 Å². The molecule has 1 aromatic carbocycles. The number of ether oxygens (including phenoxy) is 1. The predicted octanol–water partition coefficient (Wildman–Crippen LogP) is 3.10. The van der Waals surface area contributed by atoms with Gasteiger partial charge in [-0.1, -0.05) is 36.4 Å². The monoisotopic (exact) mass is 286 g/mol. The quantitative estimate of drug-likeness (QED) is 0.749. The Hall–Kier alpha value is -2.40. The van der Waals surface area contributed by atoms with Crippen LogP contribution in [0.5, 0.6) is 5.88 Å². The van der Waals surface area contributed by atoms with Gasteiger partial charge in [-0.3, -0.25) is 0 Å². The lowest BCUT2D eigenvalue weighted by molar-refractivity contribution is 0.352. The molecule has 0 saturated carbocycles. The average Bonchev–Trinajstić information content (AvgIpc) is 2.92. The first-order valence-corrected chi connectivity index (χ1v) is 6.42. The Kier molecular flexibility index (Phi) is 3.60. The lowest BCUT2D eigenvalue weighted by Crippen LogP contribution is -1.98. The number of imidazole rings is 1. The number of rotatable bonds is 4. The summed E-state index contributed by atoms with van der Waals surface area (Å²) in [7, 11) is 0. The van der Waals surface area contributed by atoms with E-state index < -0.39 is 0 Å². The van der Waals surface area contributed by atoms with Crippen LogP contribution in [0.3, 0.4) is 0 Å². The standard InChI is InChI=1S/C14H11ClN4O/c15-14-18-12-11(16-9-17-12)13(19-14)20-8-4-7-10-5-2-1-3-6-10/h1-7,9H,8H2,(H,16,17,18,19)/b7-4+. The number of H-pyrrole nitrogens is 1. The summed E-state index contributed by atoms with van der Waals surface area (Å²) in [6.45, 7) is 0.385. The van der Waals surface area contributed by atoms with Gasteiger partial charge in [-0.05, 0) is 23.2 Å². The summed E-state index contributed by atoms with van der Waals surface area (Å²) in [5.74, 6) is 0.398. The molecule has 0 bridgehead atoms. The van der Waals surface area contributed by atoms with E-state index >= 15 is 0 Å². The molecule has 3 aromatic rings. The minimum atomic E-state index is 0.117. The highest BCUT2D eigenvalue weighted by molar-refractivity contribution is 6.28. The van der Waals surface area contributed by atoms with Gasteiger partial charge in [0.2, 0.25) is 11.2 Å². The van der Waals surface area contributed by atoms with E-state index in [4.69, 9.17) is 16.3 Å². The van der Waals surface area contributed by atoms with Crippen molar-refractivity contribution in [2.75, 3.05) is 6.61 Å². The lowest BCUT2D eigenvalue weighted by atomic mass is 10.2. The van der Waals surface area contributed by atoms with Gasteiger partial charge in [0.25, 0.3) is 0 Å². The molecule has 0 aliphatic rings. The zero-order valence-corrected chi connectivity index (χ0v) is 11.2. The molecule has 0 radical (unpaired) electrons. The van der Waals surface area contributed by atoms with Crippen molar-refractivity contribution in [3.05, 3.63) is 53.6 Å². The highest BCUT2D eigenvalue weighted by Crippen LogP contribution is 2.20. The van der Waals surface area contributed by atoms with Crippen LogP contribution in [-0.4, -0.2) is 26.5 Å². The van der Waals surface area contributed by atoms with Gasteiger partial charge < -0.3 is 9.72 Å². The summed E-state index contributed by atoms with van der Waals surface area (Å²) >= 11 is 5.82. The number of aromatic nitrogens is 4. The first-order valence-electron chi connectivity index (χ1n) is 6.04. The van der Waals surface area contributed by atoms with E-state index in [-0.39, 0.29) is 5.28 Å². The van der Waals surface area contributed by atoms with Gasteiger partial charge >= 0.3 is 0 Å². The number of hydrogen-bond donors (Lipinski definition) is 1. The van der Waals surface area contributed by atoms with Gasteiger partial charge in [0.15, 0.2) is 5.65 Å². The molecular weight excluding hydrogens is 276 g/mol. The zero-order valence-electron chi connectivity index (χ0n) is 10.5. The second-order valence-electron chi connectivity index (χ2n) is 4.02. The third kappa shape index (κ3) is 2.78. The molecule has 5 nitrogen and oxygen atoms in total. The Balaban J connectivity index is 1.71. The fourth-order valence-corrected chi connectivity index (χ4v) is 1.92. The van der Waals surface area contributed by atoms with Crippen molar-refractivity contribution in [3.8, 4) is 5.88 Å². The van der Waals surface area contributed by atoms with Crippen molar-refractivity contribution < 1.29 is 4.74 Å². The molecule has 0 saturated heterocycles. The highest BCUT2D eigenvalue weighted by Gasteiger charge is 2.09. The Bertz CT molecular complexity index is 739. The molecular formula is C14H11ClN4O. The third-order valence-electron chi connectivity index (χ3n) is 2.65.